The normalized spacial score (nSPS) is 10.5. The van der Waals surface area contributed by atoms with Gasteiger partial charge in [0.05, 0.1) is 12.3 Å². The van der Waals surface area contributed by atoms with Gasteiger partial charge in [-0.2, -0.15) is 0 Å². The van der Waals surface area contributed by atoms with E-state index in [4.69, 9.17) is 4.74 Å². The van der Waals surface area contributed by atoms with E-state index in [0.717, 1.165) is 31.8 Å². The molecular weight excluding hydrogens is 188 g/mol. The fourth-order valence-electron chi connectivity index (χ4n) is 1.26. The minimum absolute atomic E-state index is 0.610. The van der Waals surface area contributed by atoms with Crippen molar-refractivity contribution in [2.75, 3.05) is 13.2 Å². The van der Waals surface area contributed by atoms with Crippen LogP contribution in [0.3, 0.4) is 0 Å². The number of ether oxygens (including phenoxy) is 1. The first-order valence-corrected chi connectivity index (χ1v) is 5.59. The van der Waals surface area contributed by atoms with E-state index in [2.05, 4.69) is 23.3 Å². The van der Waals surface area contributed by atoms with Crippen LogP contribution in [0.2, 0.25) is 0 Å². The van der Waals surface area contributed by atoms with Crippen molar-refractivity contribution >= 4 is 0 Å². The van der Waals surface area contributed by atoms with Crippen LogP contribution < -0.4 is 5.32 Å². The minimum atomic E-state index is 0.610. The Bertz CT molecular complexity index is 259. The summed E-state index contributed by atoms with van der Waals surface area (Å²) in [5.74, 6) is 0. The van der Waals surface area contributed by atoms with E-state index < -0.39 is 0 Å². The molecule has 1 rings (SSSR count). The predicted molar refractivity (Wildman–Crippen MR) is 61.6 cm³/mol. The topological polar surface area (TPSA) is 34.1 Å². The van der Waals surface area contributed by atoms with Crippen LogP contribution in [0.5, 0.6) is 0 Å². The fraction of sp³-hybridized carbons (Fsp3) is 0.583. The van der Waals surface area contributed by atoms with Crippen molar-refractivity contribution in [2.24, 2.45) is 0 Å². The highest BCUT2D eigenvalue weighted by Crippen LogP contribution is 2.01. The molecule has 0 aliphatic carbocycles. The van der Waals surface area contributed by atoms with Gasteiger partial charge in [-0.05, 0) is 31.5 Å². The Labute approximate surface area is 91.9 Å². The van der Waals surface area contributed by atoms with E-state index in [1.54, 1.807) is 0 Å². The van der Waals surface area contributed by atoms with Gasteiger partial charge in [0.25, 0.3) is 0 Å². The van der Waals surface area contributed by atoms with Crippen molar-refractivity contribution in [3.63, 3.8) is 0 Å². The molecule has 1 N–H and O–H groups in total. The summed E-state index contributed by atoms with van der Waals surface area (Å²) in [6, 6.07) is 4.13. The quantitative estimate of drug-likeness (QED) is 0.697. The highest BCUT2D eigenvalue weighted by atomic mass is 16.5. The Morgan fingerprint density at radius 1 is 1.33 bits per heavy atom. The second-order valence-electron chi connectivity index (χ2n) is 3.47. The van der Waals surface area contributed by atoms with Gasteiger partial charge < -0.3 is 10.1 Å². The van der Waals surface area contributed by atoms with Crippen molar-refractivity contribution in [3.8, 4) is 0 Å². The maximum absolute atomic E-state index is 5.28. The summed E-state index contributed by atoms with van der Waals surface area (Å²) in [4.78, 5) is 4.33. The van der Waals surface area contributed by atoms with Crippen molar-refractivity contribution < 1.29 is 4.74 Å². The molecule has 0 fully saturated rings. The molecule has 0 aromatic carbocycles. The lowest BCUT2D eigenvalue weighted by molar-refractivity contribution is 0.131. The smallest absolute Gasteiger partial charge is 0.0887 e. The first-order chi connectivity index (χ1) is 7.36. The lowest BCUT2D eigenvalue weighted by Crippen LogP contribution is -2.13. The largest absolute Gasteiger partial charge is 0.375 e. The molecule has 15 heavy (non-hydrogen) atoms. The molecule has 0 spiro atoms. The van der Waals surface area contributed by atoms with Gasteiger partial charge in [-0.1, -0.05) is 13.0 Å². The molecule has 1 aromatic rings. The maximum atomic E-state index is 5.28. The zero-order valence-electron chi connectivity index (χ0n) is 9.62. The molecule has 1 aromatic heterocycles. The summed E-state index contributed by atoms with van der Waals surface area (Å²) in [5.41, 5.74) is 2.22. The summed E-state index contributed by atoms with van der Waals surface area (Å²) in [6.07, 6.45) is 3.08. The Balaban J connectivity index is 2.35. The Morgan fingerprint density at radius 2 is 2.20 bits per heavy atom. The van der Waals surface area contributed by atoms with E-state index in [1.165, 1.54) is 5.56 Å². The Kier molecular flexibility index (Phi) is 5.97. The molecule has 1 heterocycles. The summed E-state index contributed by atoms with van der Waals surface area (Å²) in [5, 5.41) is 3.34. The highest BCUT2D eigenvalue weighted by molar-refractivity contribution is 5.13. The summed E-state index contributed by atoms with van der Waals surface area (Å²) in [6.45, 7) is 7.45. The van der Waals surface area contributed by atoms with Gasteiger partial charge in [0.15, 0.2) is 0 Å². The molecule has 0 aliphatic heterocycles. The summed E-state index contributed by atoms with van der Waals surface area (Å²) < 4.78 is 5.28. The SMILES string of the molecule is CCCNCc1ccc(COCC)nc1. The average molecular weight is 208 g/mol. The summed E-state index contributed by atoms with van der Waals surface area (Å²) in [7, 11) is 0. The van der Waals surface area contributed by atoms with Crippen LogP contribution >= 0.6 is 0 Å². The van der Waals surface area contributed by atoms with Crippen molar-refractivity contribution in [2.45, 2.75) is 33.4 Å². The van der Waals surface area contributed by atoms with Crippen LogP contribution in [0, 0.1) is 0 Å². The molecule has 0 amide bonds. The van der Waals surface area contributed by atoms with E-state index in [0.29, 0.717) is 6.61 Å². The molecule has 0 radical (unpaired) electrons. The van der Waals surface area contributed by atoms with E-state index in [9.17, 15) is 0 Å². The number of nitrogens with one attached hydrogen (secondary N) is 1. The van der Waals surface area contributed by atoms with Crippen molar-refractivity contribution in [3.05, 3.63) is 29.6 Å². The first-order valence-electron chi connectivity index (χ1n) is 5.59. The van der Waals surface area contributed by atoms with Crippen LogP contribution in [0.25, 0.3) is 0 Å². The van der Waals surface area contributed by atoms with E-state index in [1.807, 2.05) is 19.2 Å². The van der Waals surface area contributed by atoms with Gasteiger partial charge in [0, 0.05) is 19.3 Å². The van der Waals surface area contributed by atoms with E-state index in [-0.39, 0.29) is 0 Å². The molecular formula is C12H20N2O. The second-order valence-corrected chi connectivity index (χ2v) is 3.47. The van der Waals surface area contributed by atoms with E-state index >= 15 is 0 Å². The number of nitrogens with zero attached hydrogens (tertiary/aromatic N) is 1. The number of rotatable bonds is 7. The fourth-order valence-corrected chi connectivity index (χ4v) is 1.26. The number of pyridine rings is 1. The Morgan fingerprint density at radius 3 is 2.80 bits per heavy atom. The lowest BCUT2D eigenvalue weighted by Gasteiger charge is -2.04. The molecule has 3 heteroatoms. The lowest BCUT2D eigenvalue weighted by atomic mass is 10.2. The highest BCUT2D eigenvalue weighted by Gasteiger charge is 1.95. The zero-order valence-corrected chi connectivity index (χ0v) is 9.62. The third kappa shape index (κ3) is 4.91. The van der Waals surface area contributed by atoms with Crippen molar-refractivity contribution in [1.82, 2.24) is 10.3 Å². The molecule has 0 aliphatic rings. The molecule has 0 saturated carbocycles. The predicted octanol–water partition coefficient (Wildman–Crippen LogP) is 2.12. The van der Waals surface area contributed by atoms with Crippen molar-refractivity contribution in [1.29, 1.82) is 0 Å². The molecule has 3 nitrogen and oxygen atoms in total. The van der Waals surface area contributed by atoms with Gasteiger partial charge in [-0.15, -0.1) is 0 Å². The van der Waals surface area contributed by atoms with Crippen LogP contribution in [-0.2, 0) is 17.9 Å². The molecule has 0 bridgehead atoms. The average Bonchev–Trinajstić information content (AvgIpc) is 2.28. The maximum Gasteiger partial charge on any atom is 0.0887 e. The number of aromatic nitrogens is 1. The van der Waals surface area contributed by atoms with Crippen LogP contribution in [-0.4, -0.2) is 18.1 Å². The third-order valence-corrected chi connectivity index (χ3v) is 2.10. The van der Waals surface area contributed by atoms with Gasteiger partial charge in [0.2, 0.25) is 0 Å². The molecule has 84 valence electrons. The van der Waals surface area contributed by atoms with Gasteiger partial charge in [0.1, 0.15) is 0 Å². The molecule has 0 atom stereocenters. The summed E-state index contributed by atoms with van der Waals surface area (Å²) >= 11 is 0. The first kappa shape index (κ1) is 12.1. The zero-order chi connectivity index (χ0) is 10.9. The Hall–Kier alpha value is -0.930. The second kappa shape index (κ2) is 7.37. The molecule has 0 unspecified atom stereocenters. The van der Waals surface area contributed by atoms with Crippen LogP contribution in [0.15, 0.2) is 18.3 Å². The monoisotopic (exact) mass is 208 g/mol. The standard InChI is InChI=1S/C12H20N2O/c1-3-7-13-8-11-5-6-12(14-9-11)10-15-4-2/h5-6,9,13H,3-4,7-8,10H2,1-2H3. The molecule has 0 saturated heterocycles. The minimum Gasteiger partial charge on any atom is -0.375 e. The number of hydrogen-bond acceptors (Lipinski definition) is 3. The third-order valence-electron chi connectivity index (χ3n) is 2.10. The van der Waals surface area contributed by atoms with Crippen LogP contribution in [0.1, 0.15) is 31.5 Å². The number of hydrogen-bond donors (Lipinski definition) is 1. The van der Waals surface area contributed by atoms with Gasteiger partial charge in [-0.25, -0.2) is 0 Å². The van der Waals surface area contributed by atoms with Crippen LogP contribution in [0.4, 0.5) is 0 Å². The van der Waals surface area contributed by atoms with Gasteiger partial charge in [-0.3, -0.25) is 4.98 Å². The van der Waals surface area contributed by atoms with Gasteiger partial charge >= 0.3 is 0 Å².